The number of benzene rings is 1. The van der Waals surface area contributed by atoms with Gasteiger partial charge < -0.3 is 0 Å². The Hall–Kier alpha value is -2.37. The number of halogens is 2. The summed E-state index contributed by atoms with van der Waals surface area (Å²) in [6, 6.07) is 4.51. The zero-order valence-corrected chi connectivity index (χ0v) is 9.43. The van der Waals surface area contributed by atoms with Crippen molar-refractivity contribution in [2.45, 2.75) is 6.92 Å². The van der Waals surface area contributed by atoms with Crippen molar-refractivity contribution >= 4 is 11.0 Å². The van der Waals surface area contributed by atoms with Gasteiger partial charge in [-0.15, -0.1) is 0 Å². The second-order valence-corrected chi connectivity index (χ2v) is 3.81. The van der Waals surface area contributed by atoms with E-state index < -0.39 is 11.6 Å². The number of hydrogen-bond acceptors (Lipinski definition) is 3. The minimum absolute atomic E-state index is 0.0654. The first-order valence-corrected chi connectivity index (χ1v) is 5.28. The molecule has 1 aromatic carbocycles. The fraction of sp³-hybridized carbons (Fsp3) is 0.0833. The Kier molecular flexibility index (Phi) is 2.29. The van der Waals surface area contributed by atoms with E-state index in [-0.39, 0.29) is 11.3 Å². The largest absolute Gasteiger partial charge is 0.280 e. The molecule has 18 heavy (non-hydrogen) atoms. The van der Waals surface area contributed by atoms with Gasteiger partial charge in [-0.2, -0.15) is 0 Å². The first kappa shape index (κ1) is 10.8. The molecule has 3 aromatic rings. The topological polar surface area (TPSA) is 43.6 Å². The van der Waals surface area contributed by atoms with Gasteiger partial charge in [-0.05, 0) is 19.1 Å². The number of imidazole rings is 1. The highest BCUT2D eigenvalue weighted by atomic mass is 19.1. The molecular weight excluding hydrogens is 238 g/mol. The highest BCUT2D eigenvalue weighted by Gasteiger charge is 2.13. The molecule has 2 aromatic heterocycles. The molecule has 0 atom stereocenters. The molecule has 6 heteroatoms. The lowest BCUT2D eigenvalue weighted by atomic mass is 10.3. The van der Waals surface area contributed by atoms with E-state index in [1.54, 1.807) is 19.1 Å². The second-order valence-electron chi connectivity index (χ2n) is 3.81. The molecule has 4 nitrogen and oxygen atoms in total. The first-order chi connectivity index (χ1) is 8.66. The van der Waals surface area contributed by atoms with Crippen LogP contribution in [0.2, 0.25) is 0 Å². The quantitative estimate of drug-likeness (QED) is 0.662. The number of hydrogen-bond donors (Lipinski definition) is 0. The Morgan fingerprint density at radius 3 is 2.78 bits per heavy atom. The molecule has 0 unspecified atom stereocenters. The van der Waals surface area contributed by atoms with Gasteiger partial charge >= 0.3 is 0 Å². The molecular formula is C12H8F2N4. The van der Waals surface area contributed by atoms with Gasteiger partial charge in [-0.1, -0.05) is 6.07 Å². The van der Waals surface area contributed by atoms with Gasteiger partial charge in [0.15, 0.2) is 17.5 Å². The van der Waals surface area contributed by atoms with Crippen LogP contribution in [0.4, 0.5) is 8.78 Å². The molecule has 2 heterocycles. The highest BCUT2D eigenvalue weighted by molar-refractivity contribution is 5.77. The average molecular weight is 246 g/mol. The van der Waals surface area contributed by atoms with Gasteiger partial charge in [0.1, 0.15) is 17.7 Å². The van der Waals surface area contributed by atoms with Gasteiger partial charge in [0.25, 0.3) is 0 Å². The Bertz CT molecular complexity index is 736. The van der Waals surface area contributed by atoms with Crippen molar-refractivity contribution in [1.82, 2.24) is 19.5 Å². The van der Waals surface area contributed by atoms with Crippen LogP contribution < -0.4 is 0 Å². The molecule has 3 rings (SSSR count). The van der Waals surface area contributed by atoms with Crippen LogP contribution >= 0.6 is 0 Å². The standard InChI is InChI=1S/C12H8F2N4/c1-7-15-5-9(14)12(17-7)18-6-16-11-8(13)3-2-4-10(11)18/h2-6H,1H3. The van der Waals surface area contributed by atoms with E-state index in [2.05, 4.69) is 15.0 Å². The highest BCUT2D eigenvalue weighted by Crippen LogP contribution is 2.20. The summed E-state index contributed by atoms with van der Waals surface area (Å²) in [7, 11) is 0. The molecule has 0 saturated carbocycles. The third kappa shape index (κ3) is 1.54. The predicted octanol–water partition coefficient (Wildman–Crippen LogP) is 2.40. The monoisotopic (exact) mass is 246 g/mol. The third-order valence-corrected chi connectivity index (χ3v) is 2.60. The van der Waals surface area contributed by atoms with E-state index in [1.807, 2.05) is 0 Å². The summed E-state index contributed by atoms with van der Waals surface area (Å²) in [6.07, 6.45) is 2.43. The summed E-state index contributed by atoms with van der Waals surface area (Å²) in [5.74, 6) is -0.526. The van der Waals surface area contributed by atoms with E-state index >= 15 is 0 Å². The summed E-state index contributed by atoms with van der Waals surface area (Å²) in [4.78, 5) is 11.7. The Morgan fingerprint density at radius 2 is 1.94 bits per heavy atom. The van der Waals surface area contributed by atoms with Crippen molar-refractivity contribution in [3.8, 4) is 5.82 Å². The van der Waals surface area contributed by atoms with Crippen LogP contribution in [0, 0.1) is 18.6 Å². The van der Waals surface area contributed by atoms with Crippen LogP contribution in [-0.2, 0) is 0 Å². The van der Waals surface area contributed by atoms with Gasteiger partial charge in [0, 0.05) is 0 Å². The molecule has 0 fully saturated rings. The SMILES string of the molecule is Cc1ncc(F)c(-n2cnc3c(F)cccc32)n1. The van der Waals surface area contributed by atoms with Crippen LogP contribution in [0.25, 0.3) is 16.9 Å². The van der Waals surface area contributed by atoms with Gasteiger partial charge in [0.05, 0.1) is 11.7 Å². The number of nitrogens with zero attached hydrogens (tertiary/aromatic N) is 4. The Morgan fingerprint density at radius 1 is 1.11 bits per heavy atom. The lowest BCUT2D eigenvalue weighted by Gasteiger charge is -2.05. The van der Waals surface area contributed by atoms with E-state index in [0.29, 0.717) is 11.3 Å². The van der Waals surface area contributed by atoms with Crippen LogP contribution in [0.1, 0.15) is 5.82 Å². The molecule has 0 aliphatic heterocycles. The normalized spacial score (nSPS) is 11.1. The molecule has 0 saturated heterocycles. The van der Waals surface area contributed by atoms with E-state index in [0.717, 1.165) is 6.20 Å². The summed E-state index contributed by atoms with van der Waals surface area (Å²) >= 11 is 0. The fourth-order valence-corrected chi connectivity index (χ4v) is 1.78. The summed E-state index contributed by atoms with van der Waals surface area (Å²) in [6.45, 7) is 1.66. The molecule has 0 N–H and O–H groups in total. The van der Waals surface area contributed by atoms with Crippen molar-refractivity contribution in [2.75, 3.05) is 0 Å². The van der Waals surface area contributed by atoms with Crippen LogP contribution in [-0.4, -0.2) is 19.5 Å². The first-order valence-electron chi connectivity index (χ1n) is 5.28. The van der Waals surface area contributed by atoms with Crippen LogP contribution in [0.5, 0.6) is 0 Å². The second kappa shape index (κ2) is 3.83. The fourth-order valence-electron chi connectivity index (χ4n) is 1.78. The zero-order valence-electron chi connectivity index (χ0n) is 9.43. The number of para-hydroxylation sites is 1. The molecule has 0 aliphatic rings. The van der Waals surface area contributed by atoms with Gasteiger partial charge in [-0.3, -0.25) is 4.57 Å². The maximum absolute atomic E-state index is 13.7. The number of aryl methyl sites for hydroxylation is 1. The lowest BCUT2D eigenvalue weighted by Crippen LogP contribution is -2.03. The Labute approximate surface area is 101 Å². The molecule has 0 amide bonds. The van der Waals surface area contributed by atoms with Crippen molar-refractivity contribution < 1.29 is 8.78 Å². The average Bonchev–Trinajstić information content (AvgIpc) is 2.77. The number of rotatable bonds is 1. The Balaban J connectivity index is 2.32. The molecule has 90 valence electrons. The van der Waals surface area contributed by atoms with Gasteiger partial charge in [-0.25, -0.2) is 23.7 Å². The summed E-state index contributed by atoms with van der Waals surface area (Å²) in [5.41, 5.74) is 0.653. The van der Waals surface area contributed by atoms with Gasteiger partial charge in [0.2, 0.25) is 0 Å². The van der Waals surface area contributed by atoms with E-state index in [9.17, 15) is 8.78 Å². The van der Waals surface area contributed by atoms with E-state index in [1.165, 1.54) is 17.0 Å². The lowest BCUT2D eigenvalue weighted by molar-refractivity contribution is 0.600. The zero-order chi connectivity index (χ0) is 12.7. The predicted molar refractivity (Wildman–Crippen MR) is 61.3 cm³/mol. The summed E-state index contributed by atoms with van der Waals surface area (Å²) in [5, 5.41) is 0. The maximum Gasteiger partial charge on any atom is 0.184 e. The van der Waals surface area contributed by atoms with Crippen molar-refractivity contribution in [2.24, 2.45) is 0 Å². The van der Waals surface area contributed by atoms with E-state index in [4.69, 9.17) is 0 Å². The smallest absolute Gasteiger partial charge is 0.184 e. The maximum atomic E-state index is 13.7. The van der Waals surface area contributed by atoms with Crippen molar-refractivity contribution in [3.63, 3.8) is 0 Å². The third-order valence-electron chi connectivity index (χ3n) is 2.60. The van der Waals surface area contributed by atoms with Crippen LogP contribution in [0.15, 0.2) is 30.7 Å². The summed E-state index contributed by atoms with van der Waals surface area (Å²) < 4.78 is 28.6. The minimum Gasteiger partial charge on any atom is -0.280 e. The van der Waals surface area contributed by atoms with Crippen LogP contribution in [0.3, 0.4) is 0 Å². The molecule has 0 bridgehead atoms. The van der Waals surface area contributed by atoms with Crippen molar-refractivity contribution in [3.05, 3.63) is 48.2 Å². The molecule has 0 aliphatic carbocycles. The minimum atomic E-state index is -0.579. The number of aromatic nitrogens is 4. The van der Waals surface area contributed by atoms with Crippen molar-refractivity contribution in [1.29, 1.82) is 0 Å². The number of fused-ring (bicyclic) bond motifs is 1. The molecule has 0 radical (unpaired) electrons. The molecule has 0 spiro atoms.